The lowest BCUT2D eigenvalue weighted by molar-refractivity contribution is -0.115. The third kappa shape index (κ3) is 6.63. The molecule has 1 heterocycles. The van der Waals surface area contributed by atoms with Gasteiger partial charge in [0.1, 0.15) is 11.4 Å². The average molecular weight is 341 g/mol. The van der Waals surface area contributed by atoms with E-state index >= 15 is 0 Å². The highest BCUT2D eigenvalue weighted by atomic mass is 16.6. The molecule has 0 saturated heterocycles. The molecule has 25 heavy (non-hydrogen) atoms. The van der Waals surface area contributed by atoms with E-state index in [1.54, 1.807) is 51.2 Å². The van der Waals surface area contributed by atoms with Gasteiger partial charge in [0, 0.05) is 11.9 Å². The molecule has 0 aliphatic heterocycles. The Hall–Kier alpha value is -2.89. The number of amides is 2. The van der Waals surface area contributed by atoms with Crippen molar-refractivity contribution in [3.63, 3.8) is 0 Å². The van der Waals surface area contributed by atoms with Crippen LogP contribution in [0.3, 0.4) is 0 Å². The fourth-order valence-electron chi connectivity index (χ4n) is 2.10. The lowest BCUT2D eigenvalue weighted by Crippen LogP contribution is -2.27. The molecule has 6 heteroatoms. The number of ether oxygens (including phenoxy) is 1. The number of pyridine rings is 1. The number of benzene rings is 1. The SMILES string of the molecule is Cc1ccnc(NC(=O)Cc2ccc(NC(=O)OC(C)(C)C)cc2)c1. The summed E-state index contributed by atoms with van der Waals surface area (Å²) in [5.74, 6) is 0.388. The molecule has 0 bridgehead atoms. The molecule has 0 spiro atoms. The molecule has 2 rings (SSSR count). The number of anilines is 2. The molecule has 0 atom stereocenters. The molecule has 132 valence electrons. The van der Waals surface area contributed by atoms with Gasteiger partial charge in [-0.1, -0.05) is 12.1 Å². The highest BCUT2D eigenvalue weighted by molar-refractivity contribution is 5.91. The van der Waals surface area contributed by atoms with Gasteiger partial charge in [0.05, 0.1) is 6.42 Å². The number of nitrogens with one attached hydrogen (secondary N) is 2. The van der Waals surface area contributed by atoms with E-state index in [0.717, 1.165) is 11.1 Å². The van der Waals surface area contributed by atoms with Crippen molar-refractivity contribution in [1.29, 1.82) is 0 Å². The minimum atomic E-state index is -0.550. The third-order valence-corrected chi connectivity index (χ3v) is 3.15. The topological polar surface area (TPSA) is 80.3 Å². The van der Waals surface area contributed by atoms with E-state index in [1.807, 2.05) is 19.1 Å². The van der Waals surface area contributed by atoms with Crippen LogP contribution in [0.5, 0.6) is 0 Å². The van der Waals surface area contributed by atoms with Gasteiger partial charge in [0.15, 0.2) is 0 Å². The van der Waals surface area contributed by atoms with Crippen LogP contribution in [0.4, 0.5) is 16.3 Å². The summed E-state index contributed by atoms with van der Waals surface area (Å²) in [7, 11) is 0. The van der Waals surface area contributed by atoms with Crippen molar-refractivity contribution in [2.75, 3.05) is 10.6 Å². The summed E-state index contributed by atoms with van der Waals surface area (Å²) >= 11 is 0. The molecular weight excluding hydrogens is 318 g/mol. The van der Waals surface area contributed by atoms with Crippen molar-refractivity contribution in [2.45, 2.75) is 39.7 Å². The molecule has 1 aromatic carbocycles. The molecule has 1 aromatic heterocycles. The number of nitrogens with zero attached hydrogens (tertiary/aromatic N) is 1. The first-order chi connectivity index (χ1) is 11.7. The Labute approximate surface area is 147 Å². The van der Waals surface area contributed by atoms with Gasteiger partial charge in [-0.3, -0.25) is 10.1 Å². The van der Waals surface area contributed by atoms with Crippen molar-refractivity contribution in [3.05, 3.63) is 53.7 Å². The summed E-state index contributed by atoms with van der Waals surface area (Å²) in [5, 5.41) is 5.42. The second kappa shape index (κ2) is 7.79. The van der Waals surface area contributed by atoms with E-state index in [1.165, 1.54) is 0 Å². The zero-order valence-electron chi connectivity index (χ0n) is 14.9. The van der Waals surface area contributed by atoms with Crippen molar-refractivity contribution in [1.82, 2.24) is 4.98 Å². The normalized spacial score (nSPS) is 10.9. The summed E-state index contributed by atoms with van der Waals surface area (Å²) in [5.41, 5.74) is 1.92. The van der Waals surface area contributed by atoms with Crippen molar-refractivity contribution < 1.29 is 14.3 Å². The first-order valence-electron chi connectivity index (χ1n) is 8.03. The van der Waals surface area contributed by atoms with Gasteiger partial charge in [-0.15, -0.1) is 0 Å². The Morgan fingerprint density at radius 1 is 1.08 bits per heavy atom. The maximum absolute atomic E-state index is 12.1. The second-order valence-electron chi connectivity index (χ2n) is 6.77. The van der Waals surface area contributed by atoms with Crippen molar-refractivity contribution in [2.24, 2.45) is 0 Å². The fraction of sp³-hybridized carbons (Fsp3) is 0.316. The molecule has 6 nitrogen and oxygen atoms in total. The molecule has 2 amide bonds. The first-order valence-corrected chi connectivity index (χ1v) is 8.03. The Kier molecular flexibility index (Phi) is 5.75. The van der Waals surface area contributed by atoms with Crippen LogP contribution in [0.2, 0.25) is 0 Å². The molecule has 0 saturated carbocycles. The molecule has 2 aromatic rings. The van der Waals surface area contributed by atoms with Crippen LogP contribution in [0.25, 0.3) is 0 Å². The Balaban J connectivity index is 1.89. The predicted molar refractivity (Wildman–Crippen MR) is 97.6 cm³/mol. The minimum Gasteiger partial charge on any atom is -0.444 e. The smallest absolute Gasteiger partial charge is 0.412 e. The Morgan fingerprint density at radius 2 is 1.76 bits per heavy atom. The van der Waals surface area contributed by atoms with E-state index < -0.39 is 11.7 Å². The van der Waals surface area contributed by atoms with Gasteiger partial charge in [-0.2, -0.15) is 0 Å². The Morgan fingerprint density at radius 3 is 2.36 bits per heavy atom. The fourth-order valence-corrected chi connectivity index (χ4v) is 2.10. The van der Waals surface area contributed by atoms with E-state index in [4.69, 9.17) is 4.74 Å². The summed E-state index contributed by atoms with van der Waals surface area (Å²) < 4.78 is 5.19. The third-order valence-electron chi connectivity index (χ3n) is 3.15. The van der Waals surface area contributed by atoms with Crippen LogP contribution in [0, 0.1) is 6.92 Å². The number of aryl methyl sites for hydroxylation is 1. The quantitative estimate of drug-likeness (QED) is 0.883. The minimum absolute atomic E-state index is 0.147. The van der Waals surface area contributed by atoms with Crippen LogP contribution in [0.1, 0.15) is 31.9 Å². The highest BCUT2D eigenvalue weighted by Crippen LogP contribution is 2.14. The summed E-state index contributed by atoms with van der Waals surface area (Å²) in [4.78, 5) is 27.9. The average Bonchev–Trinajstić information content (AvgIpc) is 2.47. The van der Waals surface area contributed by atoms with Crippen molar-refractivity contribution >= 4 is 23.5 Å². The van der Waals surface area contributed by atoms with Gasteiger partial charge in [-0.25, -0.2) is 9.78 Å². The van der Waals surface area contributed by atoms with Gasteiger partial charge in [0.2, 0.25) is 5.91 Å². The molecule has 0 radical (unpaired) electrons. The van der Waals surface area contributed by atoms with Gasteiger partial charge in [0.25, 0.3) is 0 Å². The van der Waals surface area contributed by atoms with Crippen LogP contribution in [-0.4, -0.2) is 22.6 Å². The molecule has 2 N–H and O–H groups in total. The molecular formula is C19H23N3O3. The van der Waals surface area contributed by atoms with Gasteiger partial charge in [-0.05, 0) is 63.1 Å². The highest BCUT2D eigenvalue weighted by Gasteiger charge is 2.16. The molecule has 0 aliphatic rings. The lowest BCUT2D eigenvalue weighted by Gasteiger charge is -2.19. The van der Waals surface area contributed by atoms with Crippen LogP contribution in [0.15, 0.2) is 42.6 Å². The summed E-state index contributed by atoms with van der Waals surface area (Å²) in [6.45, 7) is 7.35. The zero-order chi connectivity index (χ0) is 18.4. The summed E-state index contributed by atoms with van der Waals surface area (Å²) in [6.07, 6.45) is 1.37. The number of rotatable bonds is 4. The number of carbonyl (C=O) groups is 2. The number of carbonyl (C=O) groups excluding carboxylic acids is 2. The number of aromatic nitrogens is 1. The standard InChI is InChI=1S/C19H23N3O3/c1-13-9-10-20-16(11-13)22-17(23)12-14-5-7-15(8-6-14)21-18(24)25-19(2,3)4/h5-11H,12H2,1-4H3,(H,21,24)(H,20,22,23). The zero-order valence-corrected chi connectivity index (χ0v) is 14.9. The number of hydrogen-bond acceptors (Lipinski definition) is 4. The molecule has 0 unspecified atom stereocenters. The molecule has 0 aliphatic carbocycles. The number of hydrogen-bond donors (Lipinski definition) is 2. The lowest BCUT2D eigenvalue weighted by atomic mass is 10.1. The van der Waals surface area contributed by atoms with Crippen LogP contribution in [-0.2, 0) is 16.0 Å². The van der Waals surface area contributed by atoms with Gasteiger partial charge >= 0.3 is 6.09 Å². The van der Waals surface area contributed by atoms with Crippen LogP contribution >= 0.6 is 0 Å². The summed E-state index contributed by atoms with van der Waals surface area (Å²) in [6, 6.07) is 10.7. The van der Waals surface area contributed by atoms with Crippen LogP contribution < -0.4 is 10.6 Å². The monoisotopic (exact) mass is 341 g/mol. The second-order valence-corrected chi connectivity index (χ2v) is 6.77. The molecule has 0 fully saturated rings. The maximum atomic E-state index is 12.1. The largest absolute Gasteiger partial charge is 0.444 e. The Bertz CT molecular complexity index is 749. The van der Waals surface area contributed by atoms with Gasteiger partial charge < -0.3 is 10.1 Å². The van der Waals surface area contributed by atoms with Crippen molar-refractivity contribution in [3.8, 4) is 0 Å². The van der Waals surface area contributed by atoms with E-state index in [2.05, 4.69) is 15.6 Å². The van der Waals surface area contributed by atoms with E-state index in [9.17, 15) is 9.59 Å². The first kappa shape index (κ1) is 18.4. The predicted octanol–water partition coefficient (Wildman–Crippen LogP) is 3.92. The van der Waals surface area contributed by atoms with E-state index in [-0.39, 0.29) is 12.3 Å². The maximum Gasteiger partial charge on any atom is 0.412 e. The van der Waals surface area contributed by atoms with E-state index in [0.29, 0.717) is 11.5 Å².